The van der Waals surface area contributed by atoms with Crippen LogP contribution < -0.4 is 10.6 Å². The largest absolute Gasteiger partial charge is 0.366 e. The van der Waals surface area contributed by atoms with Crippen LogP contribution in [0, 0.1) is 0 Å². The molecule has 0 aliphatic heterocycles. The molecule has 0 fully saturated rings. The number of amides is 1. The molecule has 1 aromatic carbocycles. The summed E-state index contributed by atoms with van der Waals surface area (Å²) in [7, 11) is 6.12. The van der Waals surface area contributed by atoms with Gasteiger partial charge in [0.05, 0.1) is 11.1 Å². The highest BCUT2D eigenvalue weighted by atomic mass is 16.1. The Morgan fingerprint density at radius 2 is 1.96 bits per heavy atom. The van der Waals surface area contributed by atoms with Gasteiger partial charge >= 0.3 is 0 Å². The number of H-pyrrole nitrogens is 1. The Kier molecular flexibility index (Phi) is 4.67. The summed E-state index contributed by atoms with van der Waals surface area (Å²) in [6, 6.07) is 9.26. The second kappa shape index (κ2) is 6.90. The van der Waals surface area contributed by atoms with Gasteiger partial charge in [-0.25, -0.2) is 9.97 Å². The third kappa shape index (κ3) is 3.61. The van der Waals surface area contributed by atoms with E-state index in [1.54, 1.807) is 18.3 Å². The van der Waals surface area contributed by atoms with Crippen molar-refractivity contribution in [2.24, 2.45) is 5.73 Å². The number of hydrogen-bond acceptors (Lipinski definition) is 5. The molecule has 0 aliphatic rings. The zero-order chi connectivity index (χ0) is 18.0. The predicted octanol–water partition coefficient (Wildman–Crippen LogP) is 1.72. The molecule has 2 aromatic heterocycles. The zero-order valence-corrected chi connectivity index (χ0v) is 14.7. The lowest BCUT2D eigenvalue weighted by Gasteiger charge is -2.20. The number of nitrogens with two attached hydrogens (primary N) is 1. The zero-order valence-electron chi connectivity index (χ0n) is 14.7. The number of benzene rings is 1. The summed E-state index contributed by atoms with van der Waals surface area (Å²) in [6.07, 6.45) is 1.78. The van der Waals surface area contributed by atoms with Gasteiger partial charge in [0.2, 0.25) is 0 Å². The molecule has 1 amide bonds. The van der Waals surface area contributed by atoms with E-state index in [0.717, 1.165) is 30.0 Å². The number of imidazole rings is 1. The summed E-state index contributed by atoms with van der Waals surface area (Å²) in [5.74, 6) is 1.08. The van der Waals surface area contributed by atoms with Gasteiger partial charge in [0.25, 0.3) is 5.91 Å². The minimum absolute atomic E-state index is 0.410. The normalized spacial score (nSPS) is 11.2. The number of carbonyl (C=O) groups is 1. The van der Waals surface area contributed by atoms with Gasteiger partial charge in [0.1, 0.15) is 17.2 Å². The Morgan fingerprint density at radius 1 is 1.16 bits per heavy atom. The second-order valence-corrected chi connectivity index (χ2v) is 6.28. The van der Waals surface area contributed by atoms with Crippen LogP contribution in [0.3, 0.4) is 0 Å². The molecule has 130 valence electrons. The maximum absolute atomic E-state index is 11.5. The van der Waals surface area contributed by atoms with Crippen molar-refractivity contribution in [3.05, 3.63) is 42.1 Å². The van der Waals surface area contributed by atoms with E-state index < -0.39 is 5.91 Å². The smallest absolute Gasteiger partial charge is 0.250 e. The van der Waals surface area contributed by atoms with Crippen molar-refractivity contribution in [3.63, 3.8) is 0 Å². The molecule has 0 radical (unpaired) electrons. The summed E-state index contributed by atoms with van der Waals surface area (Å²) in [5, 5.41) is 0. The number of rotatable bonds is 6. The molecule has 3 N–H and O–H groups in total. The second-order valence-electron chi connectivity index (χ2n) is 6.28. The highest BCUT2D eigenvalue weighted by Crippen LogP contribution is 2.23. The number of nitrogens with one attached hydrogen (secondary N) is 1. The molecule has 0 atom stereocenters. The van der Waals surface area contributed by atoms with Crippen LogP contribution >= 0.6 is 0 Å². The molecule has 3 aromatic rings. The lowest BCUT2D eigenvalue weighted by atomic mass is 10.2. The van der Waals surface area contributed by atoms with Gasteiger partial charge in [-0.15, -0.1) is 0 Å². The lowest BCUT2D eigenvalue weighted by Crippen LogP contribution is -2.28. The molecular formula is C18H22N6O. The monoisotopic (exact) mass is 338 g/mol. The first-order chi connectivity index (χ1) is 12.0. The number of aromatic amines is 1. The molecule has 0 saturated carbocycles. The maximum Gasteiger partial charge on any atom is 0.250 e. The topological polar surface area (TPSA) is 91.1 Å². The van der Waals surface area contributed by atoms with Gasteiger partial charge in [-0.3, -0.25) is 4.79 Å². The van der Waals surface area contributed by atoms with Gasteiger partial charge in [-0.1, -0.05) is 6.07 Å². The van der Waals surface area contributed by atoms with E-state index in [2.05, 4.69) is 24.8 Å². The predicted molar refractivity (Wildman–Crippen MR) is 99.7 cm³/mol. The average molecular weight is 338 g/mol. The maximum atomic E-state index is 11.5. The third-order valence-corrected chi connectivity index (χ3v) is 4.07. The van der Waals surface area contributed by atoms with E-state index in [4.69, 9.17) is 5.73 Å². The molecule has 7 heteroatoms. The van der Waals surface area contributed by atoms with Crippen LogP contribution in [0.5, 0.6) is 0 Å². The van der Waals surface area contributed by atoms with Crippen LogP contribution in [-0.4, -0.2) is 60.0 Å². The fourth-order valence-corrected chi connectivity index (χ4v) is 2.58. The van der Waals surface area contributed by atoms with E-state index >= 15 is 0 Å². The number of pyridine rings is 1. The van der Waals surface area contributed by atoms with Crippen molar-refractivity contribution in [3.8, 4) is 11.4 Å². The van der Waals surface area contributed by atoms with Gasteiger partial charge in [-0.05, 0) is 38.4 Å². The van der Waals surface area contributed by atoms with Crippen molar-refractivity contribution in [2.45, 2.75) is 0 Å². The number of hydrogen-bond donors (Lipinski definition) is 2. The standard InChI is InChI=1S/C18H22N6O/c1-23(2)9-10-24(3)15-8-7-12(11-20-15)18-21-14-6-4-5-13(17(19)25)16(14)22-18/h4-8,11H,9-10H2,1-3H3,(H2,19,25)(H,21,22). The Labute approximate surface area is 146 Å². The number of carbonyl (C=O) groups excluding carboxylic acids is 1. The first-order valence-electron chi connectivity index (χ1n) is 8.06. The Bertz CT molecular complexity index is 884. The van der Waals surface area contributed by atoms with Crippen molar-refractivity contribution >= 4 is 22.8 Å². The number of aromatic nitrogens is 3. The summed E-state index contributed by atoms with van der Waals surface area (Å²) < 4.78 is 0. The molecule has 3 rings (SSSR count). The van der Waals surface area contributed by atoms with Crippen LogP contribution in [0.4, 0.5) is 5.82 Å². The summed E-state index contributed by atoms with van der Waals surface area (Å²) >= 11 is 0. The Morgan fingerprint density at radius 3 is 2.60 bits per heavy atom. The van der Waals surface area contributed by atoms with Gasteiger partial charge in [0.15, 0.2) is 0 Å². The molecule has 0 aliphatic carbocycles. The van der Waals surface area contributed by atoms with E-state index in [-0.39, 0.29) is 0 Å². The van der Waals surface area contributed by atoms with E-state index in [9.17, 15) is 4.79 Å². The summed E-state index contributed by atoms with van der Waals surface area (Å²) in [5.41, 5.74) is 8.04. The van der Waals surface area contributed by atoms with Crippen LogP contribution in [0.1, 0.15) is 10.4 Å². The first-order valence-corrected chi connectivity index (χ1v) is 8.06. The molecule has 0 bridgehead atoms. The quantitative estimate of drug-likeness (QED) is 0.714. The fourth-order valence-electron chi connectivity index (χ4n) is 2.58. The van der Waals surface area contributed by atoms with Crippen LogP contribution in [-0.2, 0) is 0 Å². The first kappa shape index (κ1) is 16.9. The fraction of sp³-hybridized carbons (Fsp3) is 0.278. The number of para-hydroxylation sites is 1. The van der Waals surface area contributed by atoms with Crippen molar-refractivity contribution < 1.29 is 4.79 Å². The Hall–Kier alpha value is -2.93. The minimum atomic E-state index is -0.486. The lowest BCUT2D eigenvalue weighted by molar-refractivity contribution is 0.100. The van der Waals surface area contributed by atoms with E-state index in [0.29, 0.717) is 16.9 Å². The molecule has 0 spiro atoms. The summed E-state index contributed by atoms with van der Waals surface area (Å²) in [4.78, 5) is 28.0. The average Bonchev–Trinajstić information content (AvgIpc) is 3.03. The van der Waals surface area contributed by atoms with Crippen LogP contribution in [0.15, 0.2) is 36.5 Å². The van der Waals surface area contributed by atoms with E-state index in [1.807, 2.05) is 39.3 Å². The SMILES string of the molecule is CN(C)CCN(C)c1ccc(-c2nc3c(C(N)=O)cccc3[nH]2)cn1. The molecule has 0 saturated heterocycles. The number of anilines is 1. The van der Waals surface area contributed by atoms with Crippen molar-refractivity contribution in [1.82, 2.24) is 19.9 Å². The van der Waals surface area contributed by atoms with Gasteiger partial charge in [-0.2, -0.15) is 0 Å². The Balaban J connectivity index is 1.86. The molecule has 2 heterocycles. The number of fused-ring (bicyclic) bond motifs is 1. The molecular weight excluding hydrogens is 316 g/mol. The highest BCUT2D eigenvalue weighted by Gasteiger charge is 2.12. The van der Waals surface area contributed by atoms with E-state index in [1.165, 1.54) is 0 Å². The van der Waals surface area contributed by atoms with Crippen LogP contribution in [0.2, 0.25) is 0 Å². The molecule has 7 nitrogen and oxygen atoms in total. The van der Waals surface area contributed by atoms with Crippen molar-refractivity contribution in [2.75, 3.05) is 39.1 Å². The number of primary amides is 1. The van der Waals surface area contributed by atoms with Crippen molar-refractivity contribution in [1.29, 1.82) is 0 Å². The highest BCUT2D eigenvalue weighted by molar-refractivity contribution is 6.04. The minimum Gasteiger partial charge on any atom is -0.366 e. The van der Waals surface area contributed by atoms with Crippen LogP contribution in [0.25, 0.3) is 22.4 Å². The summed E-state index contributed by atoms with van der Waals surface area (Å²) in [6.45, 7) is 1.85. The van der Waals surface area contributed by atoms with Gasteiger partial charge in [0, 0.05) is 31.9 Å². The number of nitrogens with zero attached hydrogens (tertiary/aromatic N) is 4. The number of likely N-dealkylation sites (N-methyl/N-ethyl adjacent to an activating group) is 2. The molecule has 25 heavy (non-hydrogen) atoms. The third-order valence-electron chi connectivity index (χ3n) is 4.07. The van der Waals surface area contributed by atoms with Gasteiger partial charge < -0.3 is 20.5 Å². The molecule has 0 unspecified atom stereocenters.